The number of para-hydroxylation sites is 2. The maximum Gasteiger partial charge on any atom is 0.167 e. The third-order valence-corrected chi connectivity index (χ3v) is 6.88. The molecule has 1 aliphatic carbocycles. The van der Waals surface area contributed by atoms with Crippen LogP contribution in [0.15, 0.2) is 91.1 Å². The van der Waals surface area contributed by atoms with Crippen molar-refractivity contribution in [1.29, 1.82) is 0 Å². The average Bonchev–Trinajstić information content (AvgIpc) is 3.47. The highest BCUT2D eigenvalue weighted by Crippen LogP contribution is 2.42. The summed E-state index contributed by atoms with van der Waals surface area (Å²) in [6, 6.07) is 27.6. The molecule has 0 fully saturated rings. The van der Waals surface area contributed by atoms with Gasteiger partial charge in [-0.15, -0.1) is 0 Å². The maximum atomic E-state index is 13.6. The molecule has 0 atom stereocenters. The summed E-state index contributed by atoms with van der Waals surface area (Å²) in [5, 5.41) is 10.7. The third-order valence-electron chi connectivity index (χ3n) is 6.63. The summed E-state index contributed by atoms with van der Waals surface area (Å²) in [7, 11) is 0. The van der Waals surface area contributed by atoms with Crippen LogP contribution in [0.1, 0.15) is 36.3 Å². The zero-order chi connectivity index (χ0) is 24.9. The lowest BCUT2D eigenvalue weighted by Gasteiger charge is -2.27. The minimum Gasteiger partial charge on any atom is -0.294 e. The van der Waals surface area contributed by atoms with Crippen LogP contribution < -0.4 is 0 Å². The van der Waals surface area contributed by atoms with Crippen LogP contribution >= 0.6 is 11.6 Å². The molecule has 5 aromatic rings. The lowest BCUT2D eigenvalue weighted by Crippen LogP contribution is -2.26. The number of nitrogens with zero attached hydrogens (tertiary/aromatic N) is 4. The van der Waals surface area contributed by atoms with Gasteiger partial charge in [0, 0.05) is 28.8 Å². The van der Waals surface area contributed by atoms with E-state index in [9.17, 15) is 4.79 Å². The summed E-state index contributed by atoms with van der Waals surface area (Å²) in [5.41, 5.74) is 6.56. The quantitative estimate of drug-likeness (QED) is 0.266. The number of Topliss-reactive ketones (excluding diaryl/α,β-unsaturated/α-hetero) is 1. The van der Waals surface area contributed by atoms with E-state index in [1.165, 1.54) is 0 Å². The Hall–Kier alpha value is -3.96. The van der Waals surface area contributed by atoms with E-state index < -0.39 is 0 Å². The fraction of sp³-hybridized carbons (Fsp3) is 0.167. The predicted octanol–water partition coefficient (Wildman–Crippen LogP) is 7.20. The molecule has 3 aromatic carbocycles. The minimum absolute atomic E-state index is 0.118. The van der Waals surface area contributed by atoms with Gasteiger partial charge in [0.2, 0.25) is 0 Å². The molecule has 0 saturated carbocycles. The van der Waals surface area contributed by atoms with Gasteiger partial charge in [-0.3, -0.25) is 4.79 Å². The molecular formula is C30H25ClN4O. The Morgan fingerprint density at radius 1 is 0.806 bits per heavy atom. The van der Waals surface area contributed by atoms with Crippen molar-refractivity contribution in [1.82, 2.24) is 19.6 Å². The molecule has 0 saturated heterocycles. The van der Waals surface area contributed by atoms with E-state index in [1.54, 1.807) is 0 Å². The fourth-order valence-corrected chi connectivity index (χ4v) is 5.13. The first-order valence-corrected chi connectivity index (χ1v) is 12.4. The summed E-state index contributed by atoms with van der Waals surface area (Å²) >= 11 is 6.20. The summed E-state index contributed by atoms with van der Waals surface area (Å²) < 4.78 is 3.78. The number of halogens is 1. The minimum atomic E-state index is -0.134. The molecule has 6 rings (SSSR count). The monoisotopic (exact) mass is 492 g/mol. The summed E-state index contributed by atoms with van der Waals surface area (Å²) in [6.07, 6.45) is 3.23. The molecule has 0 aliphatic heterocycles. The molecule has 5 nitrogen and oxygen atoms in total. The van der Waals surface area contributed by atoms with Crippen molar-refractivity contribution in [3.8, 4) is 33.9 Å². The van der Waals surface area contributed by atoms with Gasteiger partial charge >= 0.3 is 0 Å². The SMILES string of the molecule is CC1(C)CC(=O)c2c(nn(-c3ccccc3)c2-c2cn(-c3ccccc3)nc2-c2ccc(Cl)cc2)C1. The normalized spacial score (nSPS) is 14.6. The molecule has 0 amide bonds. The highest BCUT2D eigenvalue weighted by atomic mass is 35.5. The van der Waals surface area contributed by atoms with Gasteiger partial charge in [0.1, 0.15) is 5.69 Å². The average molecular weight is 493 g/mol. The maximum absolute atomic E-state index is 13.6. The Morgan fingerprint density at radius 2 is 1.44 bits per heavy atom. The van der Waals surface area contributed by atoms with E-state index in [0.717, 1.165) is 46.0 Å². The summed E-state index contributed by atoms with van der Waals surface area (Å²) in [4.78, 5) is 13.6. The zero-order valence-electron chi connectivity index (χ0n) is 20.1. The molecule has 1 aliphatic rings. The Labute approximate surface area is 215 Å². The Morgan fingerprint density at radius 3 is 2.11 bits per heavy atom. The van der Waals surface area contributed by atoms with Crippen LogP contribution in [0.5, 0.6) is 0 Å². The fourth-order valence-electron chi connectivity index (χ4n) is 5.00. The number of hydrogen-bond acceptors (Lipinski definition) is 3. The lowest BCUT2D eigenvalue weighted by atomic mass is 9.75. The molecule has 0 radical (unpaired) electrons. The van der Waals surface area contributed by atoms with Crippen molar-refractivity contribution in [2.75, 3.05) is 0 Å². The van der Waals surface area contributed by atoms with Gasteiger partial charge in [-0.05, 0) is 48.2 Å². The molecule has 2 heterocycles. The molecule has 0 N–H and O–H groups in total. The van der Waals surface area contributed by atoms with Crippen molar-refractivity contribution in [3.05, 3.63) is 107 Å². The number of aromatic nitrogens is 4. The largest absolute Gasteiger partial charge is 0.294 e. The van der Waals surface area contributed by atoms with Gasteiger partial charge in [0.25, 0.3) is 0 Å². The smallest absolute Gasteiger partial charge is 0.167 e. The second-order valence-corrected chi connectivity index (χ2v) is 10.5. The highest BCUT2D eigenvalue weighted by Gasteiger charge is 2.37. The molecule has 0 unspecified atom stereocenters. The van der Waals surface area contributed by atoms with Crippen LogP contribution in [0.3, 0.4) is 0 Å². The van der Waals surface area contributed by atoms with Gasteiger partial charge < -0.3 is 0 Å². The van der Waals surface area contributed by atoms with Gasteiger partial charge in [-0.2, -0.15) is 10.2 Å². The van der Waals surface area contributed by atoms with Crippen molar-refractivity contribution >= 4 is 17.4 Å². The Kier molecular flexibility index (Phi) is 5.38. The van der Waals surface area contributed by atoms with Gasteiger partial charge in [0.05, 0.1) is 28.3 Å². The summed E-state index contributed by atoms with van der Waals surface area (Å²) in [5.74, 6) is 0.118. The van der Waals surface area contributed by atoms with Gasteiger partial charge in [0.15, 0.2) is 5.78 Å². The van der Waals surface area contributed by atoms with E-state index in [-0.39, 0.29) is 11.2 Å². The highest BCUT2D eigenvalue weighted by molar-refractivity contribution is 6.30. The van der Waals surface area contributed by atoms with Crippen LogP contribution in [0.2, 0.25) is 5.02 Å². The number of ketones is 1. The van der Waals surface area contributed by atoms with Crippen molar-refractivity contribution in [3.63, 3.8) is 0 Å². The van der Waals surface area contributed by atoms with Crippen LogP contribution in [-0.2, 0) is 6.42 Å². The van der Waals surface area contributed by atoms with Gasteiger partial charge in [-0.25, -0.2) is 9.36 Å². The van der Waals surface area contributed by atoms with Crippen molar-refractivity contribution < 1.29 is 4.79 Å². The topological polar surface area (TPSA) is 52.7 Å². The molecule has 178 valence electrons. The van der Waals surface area contributed by atoms with Crippen LogP contribution in [0.4, 0.5) is 0 Å². The van der Waals surface area contributed by atoms with E-state index in [4.69, 9.17) is 21.8 Å². The zero-order valence-corrected chi connectivity index (χ0v) is 20.9. The third kappa shape index (κ3) is 3.95. The number of hydrogen-bond donors (Lipinski definition) is 0. The van der Waals surface area contributed by atoms with Crippen molar-refractivity contribution in [2.45, 2.75) is 26.7 Å². The summed E-state index contributed by atoms with van der Waals surface area (Å²) in [6.45, 7) is 4.25. The first-order valence-electron chi connectivity index (χ1n) is 12.0. The standard InChI is InChI=1S/C30H25ClN4O/c1-30(2)17-25-27(26(36)18-30)29(35(32-25)23-11-7-4-8-12-23)24-19-34(22-9-5-3-6-10-22)33-28(24)20-13-15-21(31)16-14-20/h3-16,19H,17-18H2,1-2H3. The number of carbonyl (C=O) groups is 1. The van der Waals surface area contributed by atoms with Crippen molar-refractivity contribution in [2.24, 2.45) is 5.41 Å². The predicted molar refractivity (Wildman–Crippen MR) is 143 cm³/mol. The molecule has 2 aromatic heterocycles. The van der Waals surface area contributed by atoms with Gasteiger partial charge in [-0.1, -0.05) is 74.0 Å². The molecule has 0 bridgehead atoms. The lowest BCUT2D eigenvalue weighted by molar-refractivity contribution is 0.0912. The Bertz CT molecular complexity index is 1570. The number of fused-ring (bicyclic) bond motifs is 1. The molecule has 36 heavy (non-hydrogen) atoms. The molecule has 6 heteroatoms. The van der Waals surface area contributed by atoms with Crippen LogP contribution in [0, 0.1) is 5.41 Å². The van der Waals surface area contributed by atoms with E-state index in [1.807, 2.05) is 100 Å². The van der Waals surface area contributed by atoms with Crippen LogP contribution in [0.25, 0.3) is 33.9 Å². The number of benzene rings is 3. The van der Waals surface area contributed by atoms with E-state index in [0.29, 0.717) is 17.0 Å². The first-order chi connectivity index (χ1) is 17.4. The van der Waals surface area contributed by atoms with E-state index in [2.05, 4.69) is 13.8 Å². The second-order valence-electron chi connectivity index (χ2n) is 10.0. The molecular weight excluding hydrogens is 468 g/mol. The van der Waals surface area contributed by atoms with Crippen LogP contribution in [-0.4, -0.2) is 25.3 Å². The second kappa shape index (κ2) is 8.61. The first kappa shape index (κ1) is 22.5. The molecule has 0 spiro atoms. The number of carbonyl (C=O) groups excluding carboxylic acids is 1. The number of rotatable bonds is 4. The Balaban J connectivity index is 1.66. The van der Waals surface area contributed by atoms with E-state index >= 15 is 0 Å².